The quantitative estimate of drug-likeness (QED) is 0.891. The number of aromatic hydroxyl groups is 1. The van der Waals surface area contributed by atoms with E-state index in [1.807, 2.05) is 6.07 Å². The van der Waals surface area contributed by atoms with Crippen LogP contribution in [0.2, 0.25) is 0 Å². The van der Waals surface area contributed by atoms with Gasteiger partial charge in [0, 0.05) is 26.2 Å². The fourth-order valence-electron chi connectivity index (χ4n) is 3.47. The third-order valence-corrected chi connectivity index (χ3v) is 6.86. The highest BCUT2D eigenvalue weighted by Gasteiger charge is 2.29. The van der Waals surface area contributed by atoms with E-state index in [1.165, 1.54) is 4.31 Å². The summed E-state index contributed by atoms with van der Waals surface area (Å²) >= 11 is 0. The van der Waals surface area contributed by atoms with Gasteiger partial charge in [-0.25, -0.2) is 8.42 Å². The van der Waals surface area contributed by atoms with Gasteiger partial charge in [0.1, 0.15) is 5.75 Å². The summed E-state index contributed by atoms with van der Waals surface area (Å²) in [4.78, 5) is 14.4. The lowest BCUT2D eigenvalue weighted by Crippen LogP contribution is -2.50. The van der Waals surface area contributed by atoms with Crippen LogP contribution in [0.4, 0.5) is 0 Å². The first-order chi connectivity index (χ1) is 11.4. The van der Waals surface area contributed by atoms with Gasteiger partial charge in [-0.15, -0.1) is 0 Å². The summed E-state index contributed by atoms with van der Waals surface area (Å²) in [6, 6.07) is 3.54. The molecule has 1 N–H and O–H groups in total. The van der Waals surface area contributed by atoms with E-state index in [-0.39, 0.29) is 17.4 Å². The topological polar surface area (TPSA) is 77.9 Å². The third-order valence-electron chi connectivity index (χ3n) is 4.97. The zero-order valence-corrected chi connectivity index (χ0v) is 14.8. The zero-order valence-electron chi connectivity index (χ0n) is 14.0. The van der Waals surface area contributed by atoms with E-state index in [0.717, 1.165) is 36.8 Å². The van der Waals surface area contributed by atoms with Crippen LogP contribution < -0.4 is 0 Å². The van der Waals surface area contributed by atoms with Gasteiger partial charge in [-0.05, 0) is 55.9 Å². The zero-order chi connectivity index (χ0) is 17.3. The van der Waals surface area contributed by atoms with Gasteiger partial charge in [-0.1, -0.05) is 0 Å². The molecule has 0 bridgehead atoms. The fourth-order valence-corrected chi connectivity index (χ4v) is 4.55. The summed E-state index contributed by atoms with van der Waals surface area (Å²) in [5.74, 6) is -0.106. The lowest BCUT2D eigenvalue weighted by molar-refractivity contribution is 0.0695. The lowest BCUT2D eigenvalue weighted by atomic mass is 9.89. The molecule has 0 aromatic heterocycles. The van der Waals surface area contributed by atoms with Crippen LogP contribution in [0.1, 0.15) is 41.3 Å². The predicted octanol–water partition coefficient (Wildman–Crippen LogP) is 1.38. The molecule has 1 aromatic carbocycles. The summed E-state index contributed by atoms with van der Waals surface area (Å²) in [5, 5.41) is 10.2. The average Bonchev–Trinajstić information content (AvgIpc) is 2.60. The molecule has 1 saturated heterocycles. The number of phenolic OH excluding ortho intramolecular Hbond substituents is 1. The minimum atomic E-state index is -3.21. The average molecular weight is 352 g/mol. The number of benzene rings is 1. The summed E-state index contributed by atoms with van der Waals surface area (Å²) in [6.45, 7) is 2.96. The molecule has 1 aliphatic carbocycles. The molecule has 0 saturated carbocycles. The Bertz CT molecular complexity index is 737. The van der Waals surface area contributed by atoms with Crippen LogP contribution in [0.5, 0.6) is 5.75 Å². The van der Waals surface area contributed by atoms with Gasteiger partial charge in [0.2, 0.25) is 10.0 Å². The summed E-state index contributed by atoms with van der Waals surface area (Å²) in [6.07, 6.45) is 4.12. The number of aryl methyl sites for hydroxylation is 2. The largest absolute Gasteiger partial charge is 0.507 e. The molecule has 132 valence electrons. The first-order valence-electron chi connectivity index (χ1n) is 8.54. The maximum Gasteiger partial charge on any atom is 0.257 e. The van der Waals surface area contributed by atoms with Crippen LogP contribution in [0.15, 0.2) is 12.1 Å². The van der Waals surface area contributed by atoms with Crippen LogP contribution >= 0.6 is 0 Å². The molecule has 1 amide bonds. The second kappa shape index (κ2) is 6.72. The summed E-state index contributed by atoms with van der Waals surface area (Å²) in [7, 11) is -3.21. The van der Waals surface area contributed by atoms with Gasteiger partial charge in [0.15, 0.2) is 0 Å². The van der Waals surface area contributed by atoms with Crippen molar-refractivity contribution < 1.29 is 18.3 Å². The van der Waals surface area contributed by atoms with Gasteiger partial charge >= 0.3 is 0 Å². The standard InChI is InChI=1S/C17H24N2O4S/c1-2-24(22,23)19-9-7-18(8-10-19)17(21)15-11-13-5-3-4-6-14(13)12-16(15)20/h11-12,20H,2-10H2,1H3. The molecule has 0 atom stereocenters. The highest BCUT2D eigenvalue weighted by atomic mass is 32.2. The lowest BCUT2D eigenvalue weighted by Gasteiger charge is -2.34. The number of carbonyl (C=O) groups is 1. The maximum atomic E-state index is 12.7. The minimum Gasteiger partial charge on any atom is -0.507 e. The van der Waals surface area contributed by atoms with Crippen LogP contribution in [-0.2, 0) is 22.9 Å². The van der Waals surface area contributed by atoms with Crippen molar-refractivity contribution in [2.45, 2.75) is 32.6 Å². The Morgan fingerprint density at radius 1 is 1.08 bits per heavy atom. The second-order valence-corrected chi connectivity index (χ2v) is 8.69. The van der Waals surface area contributed by atoms with Gasteiger partial charge in [0.05, 0.1) is 11.3 Å². The number of carbonyl (C=O) groups excluding carboxylic acids is 1. The maximum absolute atomic E-state index is 12.7. The van der Waals surface area contributed by atoms with Crippen molar-refractivity contribution in [1.29, 1.82) is 0 Å². The Kier molecular flexibility index (Phi) is 4.83. The first-order valence-corrected chi connectivity index (χ1v) is 10.1. The van der Waals surface area contributed by atoms with Gasteiger partial charge in [-0.3, -0.25) is 4.79 Å². The molecule has 24 heavy (non-hydrogen) atoms. The number of phenols is 1. The Balaban J connectivity index is 1.74. The molecule has 3 rings (SSSR count). The third kappa shape index (κ3) is 3.28. The number of piperazine rings is 1. The molecule has 0 spiro atoms. The molecule has 1 aromatic rings. The van der Waals surface area contributed by atoms with Crippen molar-refractivity contribution >= 4 is 15.9 Å². The van der Waals surface area contributed by atoms with E-state index < -0.39 is 10.0 Å². The SMILES string of the molecule is CCS(=O)(=O)N1CCN(C(=O)c2cc3c(cc2O)CCCC3)CC1. The van der Waals surface area contributed by atoms with Crippen LogP contribution in [-0.4, -0.2) is 60.6 Å². The van der Waals surface area contributed by atoms with Crippen molar-refractivity contribution in [2.24, 2.45) is 0 Å². The van der Waals surface area contributed by atoms with Crippen LogP contribution in [0.25, 0.3) is 0 Å². The highest BCUT2D eigenvalue weighted by Crippen LogP contribution is 2.29. The van der Waals surface area contributed by atoms with Crippen molar-refractivity contribution in [1.82, 2.24) is 9.21 Å². The summed E-state index contributed by atoms with van der Waals surface area (Å²) in [5.41, 5.74) is 2.62. The van der Waals surface area contributed by atoms with E-state index in [9.17, 15) is 18.3 Å². The van der Waals surface area contributed by atoms with Crippen LogP contribution in [0, 0.1) is 0 Å². The first kappa shape index (κ1) is 17.2. The Labute approximate surface area is 143 Å². The van der Waals surface area contributed by atoms with Crippen molar-refractivity contribution in [3.05, 3.63) is 28.8 Å². The number of nitrogens with zero attached hydrogens (tertiary/aromatic N) is 2. The minimum absolute atomic E-state index is 0.0317. The molecule has 0 radical (unpaired) electrons. The van der Waals surface area contributed by atoms with Crippen LogP contribution in [0.3, 0.4) is 0 Å². The number of hydrogen-bond acceptors (Lipinski definition) is 4. The van der Waals surface area contributed by atoms with E-state index in [1.54, 1.807) is 17.9 Å². The van der Waals surface area contributed by atoms with E-state index in [0.29, 0.717) is 31.7 Å². The fraction of sp³-hybridized carbons (Fsp3) is 0.588. The molecule has 6 nitrogen and oxygen atoms in total. The number of hydrogen-bond donors (Lipinski definition) is 1. The molecule has 1 aliphatic heterocycles. The second-order valence-electron chi connectivity index (χ2n) is 6.44. The summed E-state index contributed by atoms with van der Waals surface area (Å²) < 4.78 is 25.2. The van der Waals surface area contributed by atoms with Crippen molar-refractivity contribution in [3.63, 3.8) is 0 Å². The van der Waals surface area contributed by atoms with E-state index >= 15 is 0 Å². The van der Waals surface area contributed by atoms with E-state index in [4.69, 9.17) is 0 Å². The molecule has 2 aliphatic rings. The normalized spacial score (nSPS) is 19.1. The molecule has 1 fully saturated rings. The van der Waals surface area contributed by atoms with E-state index in [2.05, 4.69) is 0 Å². The van der Waals surface area contributed by atoms with Crippen molar-refractivity contribution in [3.8, 4) is 5.75 Å². The Hall–Kier alpha value is -1.60. The molecule has 7 heteroatoms. The van der Waals surface area contributed by atoms with Crippen molar-refractivity contribution in [2.75, 3.05) is 31.9 Å². The molecular formula is C17H24N2O4S. The Morgan fingerprint density at radius 3 is 2.25 bits per heavy atom. The highest BCUT2D eigenvalue weighted by molar-refractivity contribution is 7.89. The number of fused-ring (bicyclic) bond motifs is 1. The molecular weight excluding hydrogens is 328 g/mol. The Morgan fingerprint density at radius 2 is 1.67 bits per heavy atom. The number of rotatable bonds is 3. The van der Waals surface area contributed by atoms with Gasteiger partial charge in [0.25, 0.3) is 5.91 Å². The van der Waals surface area contributed by atoms with Gasteiger partial charge in [-0.2, -0.15) is 4.31 Å². The molecule has 0 unspecified atom stereocenters. The smallest absolute Gasteiger partial charge is 0.257 e. The monoisotopic (exact) mass is 352 g/mol. The predicted molar refractivity (Wildman–Crippen MR) is 91.7 cm³/mol. The molecule has 1 heterocycles. The number of amides is 1. The number of sulfonamides is 1. The van der Waals surface area contributed by atoms with Gasteiger partial charge < -0.3 is 10.0 Å².